The third kappa shape index (κ3) is 3.67. The minimum Gasteiger partial charge on any atom is -0.483 e. The Morgan fingerprint density at radius 3 is 2.93 bits per heavy atom. The zero-order chi connectivity index (χ0) is 20.1. The Morgan fingerprint density at radius 1 is 1.43 bits per heavy atom. The van der Waals surface area contributed by atoms with Gasteiger partial charge >= 0.3 is 0 Å². The maximum absolute atomic E-state index is 13.5. The lowest BCUT2D eigenvalue weighted by Crippen LogP contribution is -2.15. The van der Waals surface area contributed by atoms with Crippen molar-refractivity contribution in [3.8, 4) is 22.9 Å². The molecule has 4 rings (SSSR count). The second kappa shape index (κ2) is 8.28. The number of pyridine rings is 1. The number of nitrogen functional groups attached to an aromatic ring is 1. The summed E-state index contributed by atoms with van der Waals surface area (Å²) in [6.45, 7) is 0.700. The normalized spacial score (nSPS) is 12.3. The molecule has 142 valence electrons. The highest BCUT2D eigenvalue weighted by atomic mass is 19.1. The zero-order valence-corrected chi connectivity index (χ0v) is 14.7. The molecular weight excluding hydrogens is 365 g/mol. The average Bonchev–Trinajstić information content (AvgIpc) is 3.17. The van der Waals surface area contributed by atoms with Crippen LogP contribution in [0.15, 0.2) is 36.7 Å². The first-order valence-corrected chi connectivity index (χ1v) is 8.27. The molecule has 3 N–H and O–H groups in total. The number of nitrogens with zero attached hydrogens (tertiary/aromatic N) is 4. The van der Waals surface area contributed by atoms with Crippen molar-refractivity contribution in [2.75, 3.05) is 12.3 Å². The summed E-state index contributed by atoms with van der Waals surface area (Å²) in [6.07, 6.45) is 4.03. The summed E-state index contributed by atoms with van der Waals surface area (Å²) in [5.74, 6) is -0.136. The highest BCUT2D eigenvalue weighted by molar-refractivity contribution is 5.78. The summed E-state index contributed by atoms with van der Waals surface area (Å²) in [7, 11) is 0. The Labute approximate surface area is 159 Å². The van der Waals surface area contributed by atoms with Crippen LogP contribution in [0, 0.1) is 17.1 Å². The Balaban J connectivity index is 0.000000706. The fourth-order valence-electron chi connectivity index (χ4n) is 3.04. The van der Waals surface area contributed by atoms with E-state index in [1.54, 1.807) is 29.2 Å². The maximum atomic E-state index is 13.5. The molecule has 0 aliphatic carbocycles. The fraction of sp³-hybridized carbons (Fsp3) is 0.158. The topological polar surface area (TPSA) is 127 Å². The molecule has 1 aliphatic rings. The van der Waals surface area contributed by atoms with Crippen molar-refractivity contribution in [2.24, 2.45) is 0 Å². The summed E-state index contributed by atoms with van der Waals surface area (Å²) in [4.78, 5) is 12.7. The van der Waals surface area contributed by atoms with Gasteiger partial charge in [0.1, 0.15) is 23.3 Å². The molecule has 0 amide bonds. The molecule has 1 aliphatic heterocycles. The van der Waals surface area contributed by atoms with Crippen molar-refractivity contribution in [2.45, 2.75) is 13.0 Å². The van der Waals surface area contributed by atoms with Crippen molar-refractivity contribution in [3.63, 3.8) is 0 Å². The van der Waals surface area contributed by atoms with Gasteiger partial charge in [-0.3, -0.25) is 4.79 Å². The Morgan fingerprint density at radius 2 is 2.21 bits per heavy atom. The summed E-state index contributed by atoms with van der Waals surface area (Å²) in [5.41, 5.74) is 9.99. The molecule has 1 aromatic carbocycles. The van der Waals surface area contributed by atoms with E-state index < -0.39 is 0 Å². The SMILES string of the molecule is N#Cc1c(N)nc2c(c1-c1cnn(-c3cccc(F)c3)c1)COCC2.O=CO. The highest BCUT2D eigenvalue weighted by Gasteiger charge is 2.23. The Kier molecular flexibility index (Phi) is 5.62. The highest BCUT2D eigenvalue weighted by Crippen LogP contribution is 2.34. The van der Waals surface area contributed by atoms with Crippen molar-refractivity contribution < 1.29 is 19.0 Å². The van der Waals surface area contributed by atoms with Gasteiger partial charge in [0.05, 0.1) is 30.8 Å². The lowest BCUT2D eigenvalue weighted by Gasteiger charge is -2.20. The number of halogens is 1. The number of ether oxygens (including phenoxy) is 1. The van der Waals surface area contributed by atoms with Crippen molar-refractivity contribution >= 4 is 12.3 Å². The third-order valence-corrected chi connectivity index (χ3v) is 4.20. The number of aromatic nitrogens is 3. The van der Waals surface area contributed by atoms with E-state index in [1.807, 2.05) is 0 Å². The molecule has 8 nitrogen and oxygen atoms in total. The van der Waals surface area contributed by atoms with Crippen LogP contribution >= 0.6 is 0 Å². The van der Waals surface area contributed by atoms with Gasteiger partial charge in [-0.2, -0.15) is 10.4 Å². The predicted octanol–water partition coefficient (Wildman–Crippen LogP) is 2.30. The molecule has 28 heavy (non-hydrogen) atoms. The van der Waals surface area contributed by atoms with Crippen LogP contribution in [-0.2, 0) is 22.6 Å². The summed E-state index contributed by atoms with van der Waals surface area (Å²) >= 11 is 0. The van der Waals surface area contributed by atoms with Gasteiger partial charge in [0.25, 0.3) is 6.47 Å². The van der Waals surface area contributed by atoms with Gasteiger partial charge in [0.2, 0.25) is 0 Å². The number of nitriles is 1. The van der Waals surface area contributed by atoms with Crippen LogP contribution in [0.1, 0.15) is 16.8 Å². The van der Waals surface area contributed by atoms with Crippen LogP contribution in [0.4, 0.5) is 10.2 Å². The average molecular weight is 381 g/mol. The van der Waals surface area contributed by atoms with Gasteiger partial charge < -0.3 is 15.6 Å². The summed E-state index contributed by atoms with van der Waals surface area (Å²) in [5, 5.41) is 20.7. The van der Waals surface area contributed by atoms with Crippen LogP contribution in [0.2, 0.25) is 0 Å². The molecule has 0 atom stereocenters. The van der Waals surface area contributed by atoms with Gasteiger partial charge in [-0.05, 0) is 18.2 Å². The number of carboxylic acid groups (broad SMARTS) is 1. The quantitative estimate of drug-likeness (QED) is 0.652. The number of fused-ring (bicyclic) bond motifs is 1. The third-order valence-electron chi connectivity index (χ3n) is 4.20. The van der Waals surface area contributed by atoms with Crippen molar-refractivity contribution in [1.82, 2.24) is 14.8 Å². The summed E-state index contributed by atoms with van der Waals surface area (Å²) in [6, 6.07) is 8.27. The minimum atomic E-state index is -0.341. The number of rotatable bonds is 2. The van der Waals surface area contributed by atoms with Crippen molar-refractivity contribution in [1.29, 1.82) is 5.26 Å². The van der Waals surface area contributed by atoms with E-state index in [1.165, 1.54) is 12.1 Å². The van der Waals surface area contributed by atoms with Crippen LogP contribution in [0.5, 0.6) is 0 Å². The van der Waals surface area contributed by atoms with E-state index in [0.29, 0.717) is 36.4 Å². The van der Waals surface area contributed by atoms with Gasteiger partial charge in [-0.25, -0.2) is 14.1 Å². The molecule has 0 saturated heterocycles. The predicted molar refractivity (Wildman–Crippen MR) is 97.9 cm³/mol. The number of nitrogens with two attached hydrogens (primary N) is 1. The number of anilines is 1. The molecule has 9 heteroatoms. The van der Waals surface area contributed by atoms with Gasteiger partial charge in [-0.15, -0.1) is 0 Å². The lowest BCUT2D eigenvalue weighted by molar-refractivity contribution is -0.122. The van der Waals surface area contributed by atoms with E-state index in [2.05, 4.69) is 16.2 Å². The van der Waals surface area contributed by atoms with Crippen LogP contribution in [0.25, 0.3) is 16.8 Å². The molecule has 3 heterocycles. The lowest BCUT2D eigenvalue weighted by atomic mass is 9.94. The second-order valence-electron chi connectivity index (χ2n) is 5.85. The minimum absolute atomic E-state index is 0.205. The molecular formula is C19H16FN5O3. The fourth-order valence-corrected chi connectivity index (χ4v) is 3.04. The number of carbonyl (C=O) groups is 1. The zero-order valence-electron chi connectivity index (χ0n) is 14.7. The molecule has 2 aromatic heterocycles. The molecule has 0 bridgehead atoms. The standard InChI is InChI=1S/C18H14FN5O.CH2O2/c19-12-2-1-3-13(6-12)24-9-11(8-22-24)17-14(7-20)18(21)23-16-4-5-25-10-15(16)17;2-1-3/h1-3,6,8-9H,4-5,10H2,(H2,21,23);1H,(H,2,3). The van der Waals surface area contributed by atoms with Crippen LogP contribution < -0.4 is 5.73 Å². The second-order valence-corrected chi connectivity index (χ2v) is 5.85. The number of hydrogen-bond donors (Lipinski definition) is 2. The van der Waals surface area contributed by atoms with Crippen LogP contribution in [0.3, 0.4) is 0 Å². The van der Waals surface area contributed by atoms with E-state index >= 15 is 0 Å². The first-order valence-electron chi connectivity index (χ1n) is 8.27. The summed E-state index contributed by atoms with van der Waals surface area (Å²) < 4.78 is 20.6. The van der Waals surface area contributed by atoms with E-state index in [0.717, 1.165) is 16.8 Å². The van der Waals surface area contributed by atoms with E-state index in [-0.39, 0.29) is 18.1 Å². The van der Waals surface area contributed by atoms with Gasteiger partial charge in [0, 0.05) is 29.3 Å². The van der Waals surface area contributed by atoms with Crippen LogP contribution in [-0.4, -0.2) is 33.0 Å². The first-order chi connectivity index (χ1) is 13.6. The molecule has 0 radical (unpaired) electrons. The molecule has 0 spiro atoms. The largest absolute Gasteiger partial charge is 0.483 e. The smallest absolute Gasteiger partial charge is 0.290 e. The first kappa shape index (κ1) is 19.0. The molecule has 0 unspecified atom stereocenters. The van der Waals surface area contributed by atoms with E-state index in [4.69, 9.17) is 20.4 Å². The molecule has 0 fully saturated rings. The van der Waals surface area contributed by atoms with Gasteiger partial charge in [0.15, 0.2) is 0 Å². The monoisotopic (exact) mass is 381 g/mol. The molecule has 0 saturated carbocycles. The van der Waals surface area contributed by atoms with Crippen molar-refractivity contribution in [3.05, 3.63) is 59.3 Å². The number of benzene rings is 1. The Hall–Kier alpha value is -3.77. The van der Waals surface area contributed by atoms with E-state index in [9.17, 15) is 9.65 Å². The maximum Gasteiger partial charge on any atom is 0.290 e. The number of hydrogen-bond acceptors (Lipinski definition) is 6. The van der Waals surface area contributed by atoms with Gasteiger partial charge in [-0.1, -0.05) is 6.07 Å². The molecule has 3 aromatic rings. The Bertz CT molecular complexity index is 1060.